The Hall–Kier alpha value is -1.57. The predicted octanol–water partition coefficient (Wildman–Crippen LogP) is 3.77. The lowest BCUT2D eigenvalue weighted by Crippen LogP contribution is -1.95. The van der Waals surface area contributed by atoms with Gasteiger partial charge in [-0.2, -0.15) is 0 Å². The standard InChI is InChI=1S/C15H20O2/c1-3-12-8-10-14(11-9-12)13(4-2)6-5-7-15(16)17/h5-6,8-11,13H,3-4,7H2,1-2H3,(H,16,17). The number of hydrogen-bond acceptors (Lipinski definition) is 1. The molecule has 0 aliphatic carbocycles. The van der Waals surface area contributed by atoms with E-state index >= 15 is 0 Å². The predicted molar refractivity (Wildman–Crippen MR) is 70.2 cm³/mol. The van der Waals surface area contributed by atoms with Gasteiger partial charge in [0.25, 0.3) is 0 Å². The van der Waals surface area contributed by atoms with Crippen LogP contribution in [-0.2, 0) is 11.2 Å². The van der Waals surface area contributed by atoms with Crippen molar-refractivity contribution in [2.24, 2.45) is 0 Å². The molecule has 0 bridgehead atoms. The van der Waals surface area contributed by atoms with Crippen LogP contribution in [0.5, 0.6) is 0 Å². The molecule has 0 spiro atoms. The lowest BCUT2D eigenvalue weighted by Gasteiger charge is -2.11. The van der Waals surface area contributed by atoms with Crippen molar-refractivity contribution in [3.8, 4) is 0 Å². The van der Waals surface area contributed by atoms with Gasteiger partial charge in [-0.05, 0) is 24.0 Å². The first kappa shape index (κ1) is 13.5. The summed E-state index contributed by atoms with van der Waals surface area (Å²) in [6.07, 6.45) is 5.87. The summed E-state index contributed by atoms with van der Waals surface area (Å²) in [5.74, 6) is -0.460. The summed E-state index contributed by atoms with van der Waals surface area (Å²) in [6.45, 7) is 4.25. The molecule has 0 saturated carbocycles. The van der Waals surface area contributed by atoms with Gasteiger partial charge >= 0.3 is 5.97 Å². The zero-order valence-corrected chi connectivity index (χ0v) is 10.5. The molecule has 1 aromatic carbocycles. The molecule has 1 rings (SSSR count). The summed E-state index contributed by atoms with van der Waals surface area (Å²) >= 11 is 0. The van der Waals surface area contributed by atoms with Crippen molar-refractivity contribution in [3.63, 3.8) is 0 Å². The fraction of sp³-hybridized carbons (Fsp3) is 0.400. The molecule has 17 heavy (non-hydrogen) atoms. The van der Waals surface area contributed by atoms with Gasteiger partial charge in [0.15, 0.2) is 0 Å². The molecule has 2 nitrogen and oxygen atoms in total. The summed E-state index contributed by atoms with van der Waals surface area (Å²) in [6, 6.07) is 8.56. The minimum absolute atomic E-state index is 0.101. The Balaban J connectivity index is 2.71. The molecule has 0 saturated heterocycles. The fourth-order valence-electron chi connectivity index (χ4n) is 1.82. The van der Waals surface area contributed by atoms with Crippen LogP contribution >= 0.6 is 0 Å². The first-order valence-corrected chi connectivity index (χ1v) is 6.14. The summed E-state index contributed by atoms with van der Waals surface area (Å²) in [5, 5.41) is 8.59. The Morgan fingerprint density at radius 2 is 1.94 bits per heavy atom. The lowest BCUT2D eigenvalue weighted by molar-refractivity contribution is -0.136. The molecule has 0 heterocycles. The third-order valence-electron chi connectivity index (χ3n) is 2.92. The number of hydrogen-bond donors (Lipinski definition) is 1. The van der Waals surface area contributed by atoms with E-state index in [-0.39, 0.29) is 6.42 Å². The molecule has 0 aromatic heterocycles. The molecule has 2 heteroatoms. The van der Waals surface area contributed by atoms with Gasteiger partial charge in [0.05, 0.1) is 6.42 Å². The number of rotatable bonds is 6. The second-order valence-corrected chi connectivity index (χ2v) is 4.14. The molecule has 0 amide bonds. The van der Waals surface area contributed by atoms with Gasteiger partial charge in [-0.25, -0.2) is 0 Å². The highest BCUT2D eigenvalue weighted by Crippen LogP contribution is 2.21. The van der Waals surface area contributed by atoms with Crippen molar-refractivity contribution in [2.75, 3.05) is 0 Å². The van der Waals surface area contributed by atoms with Crippen molar-refractivity contribution in [3.05, 3.63) is 47.5 Å². The van der Waals surface area contributed by atoms with E-state index in [4.69, 9.17) is 5.11 Å². The molecule has 1 unspecified atom stereocenters. The van der Waals surface area contributed by atoms with Gasteiger partial charge in [0.1, 0.15) is 0 Å². The van der Waals surface area contributed by atoms with Crippen LogP contribution in [0.15, 0.2) is 36.4 Å². The van der Waals surface area contributed by atoms with Crippen LogP contribution in [-0.4, -0.2) is 11.1 Å². The largest absolute Gasteiger partial charge is 0.481 e. The molecule has 0 aliphatic rings. The second-order valence-electron chi connectivity index (χ2n) is 4.14. The van der Waals surface area contributed by atoms with E-state index in [9.17, 15) is 4.79 Å². The van der Waals surface area contributed by atoms with Crippen LogP contribution in [0.25, 0.3) is 0 Å². The van der Waals surface area contributed by atoms with Gasteiger partial charge in [-0.1, -0.05) is 50.3 Å². The smallest absolute Gasteiger partial charge is 0.307 e. The topological polar surface area (TPSA) is 37.3 Å². The molecule has 1 aromatic rings. The average molecular weight is 232 g/mol. The lowest BCUT2D eigenvalue weighted by atomic mass is 9.94. The second kappa shape index (κ2) is 6.89. The zero-order valence-electron chi connectivity index (χ0n) is 10.5. The maximum Gasteiger partial charge on any atom is 0.307 e. The molecule has 1 N–H and O–H groups in total. The van der Waals surface area contributed by atoms with Crippen LogP contribution in [0.1, 0.15) is 43.7 Å². The first-order chi connectivity index (χ1) is 8.17. The first-order valence-electron chi connectivity index (χ1n) is 6.14. The van der Waals surface area contributed by atoms with Crippen LogP contribution in [0.4, 0.5) is 0 Å². The third-order valence-corrected chi connectivity index (χ3v) is 2.92. The summed E-state index contributed by atoms with van der Waals surface area (Å²) in [5.41, 5.74) is 2.59. The van der Waals surface area contributed by atoms with E-state index in [0.29, 0.717) is 5.92 Å². The van der Waals surface area contributed by atoms with Crippen LogP contribution in [0, 0.1) is 0 Å². The quantitative estimate of drug-likeness (QED) is 0.758. The van der Waals surface area contributed by atoms with Crippen molar-refractivity contribution in [1.82, 2.24) is 0 Å². The van der Waals surface area contributed by atoms with Crippen molar-refractivity contribution >= 4 is 5.97 Å². The SMILES string of the molecule is CCc1ccc(C(C=CCC(=O)O)CC)cc1. The number of carboxylic acids is 1. The zero-order chi connectivity index (χ0) is 12.7. The molecule has 0 aliphatic heterocycles. The van der Waals surface area contributed by atoms with Crippen molar-refractivity contribution in [2.45, 2.75) is 39.0 Å². The van der Waals surface area contributed by atoms with Crippen LogP contribution in [0.3, 0.4) is 0 Å². The number of aliphatic carboxylic acids is 1. The highest BCUT2D eigenvalue weighted by Gasteiger charge is 2.05. The third kappa shape index (κ3) is 4.43. The monoisotopic (exact) mass is 232 g/mol. The van der Waals surface area contributed by atoms with E-state index in [0.717, 1.165) is 12.8 Å². The Morgan fingerprint density at radius 3 is 2.41 bits per heavy atom. The van der Waals surface area contributed by atoms with E-state index in [2.05, 4.69) is 38.1 Å². The molecular formula is C15H20O2. The van der Waals surface area contributed by atoms with E-state index < -0.39 is 5.97 Å². The Bertz CT molecular complexity index is 376. The average Bonchev–Trinajstić information content (AvgIpc) is 2.34. The minimum Gasteiger partial charge on any atom is -0.481 e. The Labute approximate surface area is 103 Å². The molecule has 1 atom stereocenters. The fourth-order valence-corrected chi connectivity index (χ4v) is 1.82. The highest BCUT2D eigenvalue weighted by molar-refractivity contribution is 5.68. The maximum absolute atomic E-state index is 10.4. The van der Waals surface area contributed by atoms with Gasteiger partial charge in [0, 0.05) is 5.92 Å². The number of benzene rings is 1. The number of carboxylic acid groups (broad SMARTS) is 1. The van der Waals surface area contributed by atoms with E-state index in [1.165, 1.54) is 11.1 Å². The Kier molecular flexibility index (Phi) is 5.47. The van der Waals surface area contributed by atoms with E-state index in [1.54, 1.807) is 6.08 Å². The van der Waals surface area contributed by atoms with Gasteiger partial charge in [-0.3, -0.25) is 4.79 Å². The molecule has 92 valence electrons. The number of aryl methyl sites for hydroxylation is 1. The van der Waals surface area contributed by atoms with Crippen LogP contribution < -0.4 is 0 Å². The molecule has 0 fully saturated rings. The van der Waals surface area contributed by atoms with Gasteiger partial charge < -0.3 is 5.11 Å². The summed E-state index contributed by atoms with van der Waals surface area (Å²) in [4.78, 5) is 10.4. The minimum atomic E-state index is -0.780. The summed E-state index contributed by atoms with van der Waals surface area (Å²) < 4.78 is 0. The maximum atomic E-state index is 10.4. The normalized spacial score (nSPS) is 12.8. The molecule has 0 radical (unpaired) electrons. The summed E-state index contributed by atoms with van der Waals surface area (Å²) in [7, 11) is 0. The van der Waals surface area contributed by atoms with Gasteiger partial charge in [-0.15, -0.1) is 0 Å². The highest BCUT2D eigenvalue weighted by atomic mass is 16.4. The Morgan fingerprint density at radius 1 is 1.29 bits per heavy atom. The number of carbonyl (C=O) groups is 1. The number of allylic oxidation sites excluding steroid dienone is 1. The molecular weight excluding hydrogens is 212 g/mol. The van der Waals surface area contributed by atoms with Gasteiger partial charge in [0.2, 0.25) is 0 Å². The van der Waals surface area contributed by atoms with Crippen LogP contribution in [0.2, 0.25) is 0 Å². The van der Waals surface area contributed by atoms with Crippen molar-refractivity contribution < 1.29 is 9.90 Å². The van der Waals surface area contributed by atoms with E-state index in [1.807, 2.05) is 6.08 Å². The van der Waals surface area contributed by atoms with Crippen molar-refractivity contribution in [1.29, 1.82) is 0 Å².